The van der Waals surface area contributed by atoms with Crippen LogP contribution in [0.15, 0.2) is 66.7 Å². The molecule has 4 aromatic carbocycles. The van der Waals surface area contributed by atoms with Gasteiger partial charge in [0.1, 0.15) is 30.9 Å². The minimum atomic E-state index is -0.490. The average molecular weight is 647 g/mol. The maximum Gasteiger partial charge on any atom is 0.255 e. The number of hydrogen-bond acceptors (Lipinski definition) is 9. The van der Waals surface area contributed by atoms with E-state index < -0.39 is 6.17 Å². The molecule has 0 aliphatic carbocycles. The van der Waals surface area contributed by atoms with Crippen LogP contribution >= 0.6 is 11.6 Å². The average Bonchev–Trinajstić information content (AvgIpc) is 3.08. The smallest absolute Gasteiger partial charge is 0.255 e. The van der Waals surface area contributed by atoms with Crippen LogP contribution in [0.3, 0.4) is 0 Å². The van der Waals surface area contributed by atoms with E-state index in [-0.39, 0.29) is 38.9 Å². The number of nitrogens with one attached hydrogen (secondary N) is 2. The predicted molar refractivity (Wildman–Crippen MR) is 175 cm³/mol. The van der Waals surface area contributed by atoms with Crippen LogP contribution in [0.4, 0.5) is 5.69 Å². The molecule has 1 atom stereocenters. The van der Waals surface area contributed by atoms with Gasteiger partial charge in [0.25, 0.3) is 5.91 Å². The van der Waals surface area contributed by atoms with Crippen LogP contribution in [0.5, 0.6) is 23.0 Å². The van der Waals surface area contributed by atoms with Gasteiger partial charge in [0.2, 0.25) is 0 Å². The van der Waals surface area contributed by atoms with Crippen LogP contribution in [0.1, 0.15) is 49.9 Å². The number of rotatable bonds is 13. The lowest BCUT2D eigenvalue weighted by Gasteiger charge is -2.28. The third-order valence-corrected chi connectivity index (χ3v) is 7.75. The summed E-state index contributed by atoms with van der Waals surface area (Å²) in [6, 6.07) is 19.6. The van der Waals surface area contributed by atoms with E-state index in [0.29, 0.717) is 56.0 Å². The van der Waals surface area contributed by atoms with Crippen molar-refractivity contribution in [1.82, 2.24) is 5.32 Å². The van der Waals surface area contributed by atoms with Crippen LogP contribution in [-0.4, -0.2) is 48.7 Å². The summed E-state index contributed by atoms with van der Waals surface area (Å²) in [5.41, 5.74) is 5.25. The molecule has 0 fully saturated rings. The standard InChI is InChI=1S/C35H35ClN2O8/c1-43-31-9-5-21(3-4-22-13-24(18-39)28(20-41)32(15-22)44-2)14-33(31)46-12-11-45-30-10-6-23(16-25(30)19-40)34-37-29-8-7-26(36)17-27(29)35(42)38-34/h3-10,13-17,34,37,39-41H,11-12,18-20H2,1-2H3,(H,38,42)/b4-3-. The second kappa shape index (κ2) is 15.0. The molecular formula is C35H35ClN2O8. The number of amides is 1. The van der Waals surface area contributed by atoms with Crippen molar-refractivity contribution >= 4 is 35.3 Å². The molecule has 5 rings (SSSR count). The molecule has 0 bridgehead atoms. The van der Waals surface area contributed by atoms with Gasteiger partial charge in [0, 0.05) is 21.8 Å². The topological polar surface area (TPSA) is 139 Å². The summed E-state index contributed by atoms with van der Waals surface area (Å²) < 4.78 is 22.8. The summed E-state index contributed by atoms with van der Waals surface area (Å²) in [5, 5.41) is 36.1. The van der Waals surface area contributed by atoms with Gasteiger partial charge in [-0.1, -0.05) is 35.9 Å². The zero-order valence-corrected chi connectivity index (χ0v) is 26.1. The molecule has 1 unspecified atom stereocenters. The van der Waals surface area contributed by atoms with Crippen LogP contribution in [0, 0.1) is 0 Å². The van der Waals surface area contributed by atoms with Gasteiger partial charge in [0.05, 0.1) is 39.6 Å². The molecule has 0 aromatic heterocycles. The Morgan fingerprint density at radius 2 is 1.41 bits per heavy atom. The number of fused-ring (bicyclic) bond motifs is 1. The van der Waals surface area contributed by atoms with Crippen molar-refractivity contribution in [2.45, 2.75) is 26.0 Å². The lowest BCUT2D eigenvalue weighted by Crippen LogP contribution is -2.38. The molecule has 0 saturated carbocycles. The van der Waals surface area contributed by atoms with Crippen LogP contribution < -0.4 is 29.6 Å². The Bertz CT molecular complexity index is 1720. The Balaban J connectivity index is 1.22. The van der Waals surface area contributed by atoms with Crippen molar-refractivity contribution in [3.8, 4) is 23.0 Å². The first-order valence-corrected chi connectivity index (χ1v) is 14.9. The Kier molecular flexibility index (Phi) is 10.7. The van der Waals surface area contributed by atoms with E-state index >= 15 is 0 Å². The molecule has 0 spiro atoms. The molecule has 1 heterocycles. The summed E-state index contributed by atoms with van der Waals surface area (Å²) in [7, 11) is 3.08. The van der Waals surface area contributed by atoms with Gasteiger partial charge in [-0.3, -0.25) is 4.79 Å². The van der Waals surface area contributed by atoms with Gasteiger partial charge in [-0.15, -0.1) is 0 Å². The number of carbonyl (C=O) groups is 1. The van der Waals surface area contributed by atoms with Crippen molar-refractivity contribution in [1.29, 1.82) is 0 Å². The van der Waals surface area contributed by atoms with E-state index in [1.54, 1.807) is 55.6 Å². The Labute approximate surface area is 271 Å². The number of hydrogen-bond donors (Lipinski definition) is 5. The molecule has 1 amide bonds. The predicted octanol–water partition coefficient (Wildman–Crippen LogP) is 5.32. The van der Waals surface area contributed by atoms with Gasteiger partial charge in [-0.05, 0) is 76.9 Å². The summed E-state index contributed by atoms with van der Waals surface area (Å²) in [6.07, 6.45) is 3.28. The third-order valence-electron chi connectivity index (χ3n) is 7.52. The molecule has 0 radical (unpaired) electrons. The molecule has 5 N–H and O–H groups in total. The van der Waals surface area contributed by atoms with Crippen molar-refractivity contribution in [2.75, 3.05) is 32.8 Å². The fourth-order valence-electron chi connectivity index (χ4n) is 5.17. The molecule has 1 aliphatic heterocycles. The second-order valence-electron chi connectivity index (χ2n) is 10.4. The molecule has 4 aromatic rings. The number of aliphatic hydroxyl groups excluding tert-OH is 3. The van der Waals surface area contributed by atoms with E-state index in [4.69, 9.17) is 30.5 Å². The van der Waals surface area contributed by atoms with E-state index in [1.165, 1.54) is 7.11 Å². The molecule has 10 nitrogen and oxygen atoms in total. The molecule has 1 aliphatic rings. The first-order valence-electron chi connectivity index (χ1n) is 14.5. The van der Waals surface area contributed by atoms with Gasteiger partial charge < -0.3 is 44.9 Å². The minimum absolute atomic E-state index is 0.197. The number of ether oxygens (including phenoxy) is 4. The zero-order chi connectivity index (χ0) is 32.6. The maximum absolute atomic E-state index is 12.6. The molecule has 11 heteroatoms. The van der Waals surface area contributed by atoms with Crippen molar-refractivity contribution in [3.63, 3.8) is 0 Å². The van der Waals surface area contributed by atoms with E-state index in [1.807, 2.05) is 30.4 Å². The van der Waals surface area contributed by atoms with Crippen LogP contribution in [-0.2, 0) is 19.8 Å². The Morgan fingerprint density at radius 1 is 0.717 bits per heavy atom. The number of benzene rings is 4. The maximum atomic E-state index is 12.6. The SMILES string of the molecule is COc1ccc(/C=C\c2cc(CO)c(CO)c(OC)c2)cc1OCCOc1ccc(C2NC(=O)c3cc(Cl)ccc3N2)cc1CO. The van der Waals surface area contributed by atoms with Crippen molar-refractivity contribution < 1.29 is 39.1 Å². The Morgan fingerprint density at radius 3 is 2.13 bits per heavy atom. The number of carbonyl (C=O) groups excluding carboxylic acids is 1. The highest BCUT2D eigenvalue weighted by molar-refractivity contribution is 6.31. The van der Waals surface area contributed by atoms with Gasteiger partial charge in [-0.25, -0.2) is 0 Å². The number of halogens is 1. The minimum Gasteiger partial charge on any atom is -0.496 e. The molecule has 240 valence electrons. The molecule has 0 saturated heterocycles. The normalized spacial score (nSPS) is 14.0. The van der Waals surface area contributed by atoms with Crippen LogP contribution in [0.2, 0.25) is 5.02 Å². The number of aliphatic hydroxyl groups is 3. The quantitative estimate of drug-likeness (QED) is 0.0965. The lowest BCUT2D eigenvalue weighted by atomic mass is 10.0. The second-order valence-corrected chi connectivity index (χ2v) is 10.8. The highest BCUT2D eigenvalue weighted by Gasteiger charge is 2.25. The van der Waals surface area contributed by atoms with E-state index in [9.17, 15) is 20.1 Å². The first kappa shape index (κ1) is 32.6. The Hall–Kier alpha value is -4.74. The van der Waals surface area contributed by atoms with E-state index in [2.05, 4.69) is 10.6 Å². The fraction of sp³-hybridized carbons (Fsp3) is 0.229. The highest BCUT2D eigenvalue weighted by atomic mass is 35.5. The van der Waals surface area contributed by atoms with Gasteiger partial charge in [0.15, 0.2) is 11.5 Å². The largest absolute Gasteiger partial charge is 0.496 e. The summed E-state index contributed by atoms with van der Waals surface area (Å²) in [6.45, 7) is -0.310. The van der Waals surface area contributed by atoms with Gasteiger partial charge in [-0.2, -0.15) is 0 Å². The van der Waals surface area contributed by atoms with Crippen molar-refractivity contribution in [3.05, 3.63) is 111 Å². The summed E-state index contributed by atoms with van der Waals surface area (Å²) >= 11 is 6.04. The monoisotopic (exact) mass is 646 g/mol. The lowest BCUT2D eigenvalue weighted by molar-refractivity contribution is 0.0935. The van der Waals surface area contributed by atoms with E-state index in [0.717, 1.165) is 16.7 Å². The van der Waals surface area contributed by atoms with Crippen molar-refractivity contribution in [2.24, 2.45) is 0 Å². The highest BCUT2D eigenvalue weighted by Crippen LogP contribution is 2.32. The zero-order valence-electron chi connectivity index (χ0n) is 25.4. The number of methoxy groups -OCH3 is 2. The number of anilines is 1. The summed E-state index contributed by atoms with van der Waals surface area (Å²) in [4.78, 5) is 12.6. The molecular weight excluding hydrogens is 612 g/mol. The summed E-state index contributed by atoms with van der Waals surface area (Å²) in [5.74, 6) is 1.83. The van der Waals surface area contributed by atoms with Crippen LogP contribution in [0.25, 0.3) is 12.2 Å². The third kappa shape index (κ3) is 7.38. The molecule has 46 heavy (non-hydrogen) atoms. The fourth-order valence-corrected chi connectivity index (χ4v) is 5.34. The first-order chi connectivity index (χ1) is 22.4. The van der Waals surface area contributed by atoms with Gasteiger partial charge >= 0.3 is 0 Å².